The Morgan fingerprint density at radius 3 is 1.20 bits per heavy atom. The topological polar surface area (TPSA) is 0 Å². The van der Waals surface area contributed by atoms with E-state index >= 15 is 0 Å². The second-order valence-corrected chi connectivity index (χ2v) is 24.3. The van der Waals surface area contributed by atoms with Crippen LogP contribution in [0.5, 0.6) is 0 Å². The van der Waals surface area contributed by atoms with E-state index in [1.807, 2.05) is 0 Å². The molecule has 1 heteroatoms. The maximum absolute atomic E-state index is 2.75. The fourth-order valence-corrected chi connectivity index (χ4v) is 18.4. The molecule has 0 radical (unpaired) electrons. The molecule has 2 aliphatic carbocycles. The molecule has 0 unspecified atom stereocenters. The van der Waals surface area contributed by atoms with Crippen LogP contribution in [-0.4, -0.2) is 3.21 Å². The summed E-state index contributed by atoms with van der Waals surface area (Å²) in [5.41, 5.74) is 17.0. The molecule has 0 amide bonds. The molecule has 0 N–H and O–H groups in total. The minimum absolute atomic E-state index is 0.0221. The second-order valence-electron chi connectivity index (χ2n) is 17.3. The van der Waals surface area contributed by atoms with Gasteiger partial charge in [-0.3, -0.25) is 0 Å². The van der Waals surface area contributed by atoms with E-state index in [0.29, 0.717) is 7.25 Å². The van der Waals surface area contributed by atoms with Gasteiger partial charge in [0.05, 0.1) is 0 Å². The van der Waals surface area contributed by atoms with E-state index in [-0.39, 0.29) is 10.8 Å². The molecule has 0 heterocycles. The molecule has 6 aromatic rings. The van der Waals surface area contributed by atoms with Crippen molar-refractivity contribution in [1.29, 1.82) is 0 Å². The van der Waals surface area contributed by atoms with Crippen molar-refractivity contribution in [3.63, 3.8) is 0 Å². The van der Waals surface area contributed by atoms with Crippen molar-refractivity contribution >= 4 is 3.21 Å². The molecular formula is C53H52Zr. The molecule has 0 atom stereocenters. The van der Waals surface area contributed by atoms with Crippen LogP contribution in [0.4, 0.5) is 0 Å². The van der Waals surface area contributed by atoms with Gasteiger partial charge in [-0.05, 0) is 0 Å². The van der Waals surface area contributed by atoms with Gasteiger partial charge in [-0.1, -0.05) is 0 Å². The van der Waals surface area contributed by atoms with Gasteiger partial charge in [0.2, 0.25) is 0 Å². The van der Waals surface area contributed by atoms with Crippen molar-refractivity contribution in [2.75, 3.05) is 0 Å². The van der Waals surface area contributed by atoms with Crippen LogP contribution in [0.2, 0.25) is 3.63 Å². The van der Waals surface area contributed by atoms with Crippen LogP contribution in [0.3, 0.4) is 0 Å². The van der Waals surface area contributed by atoms with E-state index in [1.165, 1.54) is 55.6 Å². The maximum atomic E-state index is 2.65. The molecule has 54 heavy (non-hydrogen) atoms. The zero-order valence-electron chi connectivity index (χ0n) is 32.7. The third-order valence-electron chi connectivity index (χ3n) is 11.4. The molecule has 2 aliphatic rings. The van der Waals surface area contributed by atoms with E-state index in [2.05, 4.69) is 211 Å². The summed E-state index contributed by atoms with van der Waals surface area (Å²) < 4.78 is 2.62. The molecule has 0 aromatic heterocycles. The van der Waals surface area contributed by atoms with Crippen LogP contribution in [-0.2, 0) is 44.9 Å². The quantitative estimate of drug-likeness (QED) is 0.144. The standard InChI is InChI=1S/C33H33.C15H14.C5H5.Zr/c1-32(2,3)30-20-26-24(18-28(30)22-13-9-7-10-14-22)17-25-19-29(23-15-11-8-12-16-23)31(21-27(25)26)33(4,5)6;1-3-8-14(9-4-1)12-7-13-15-10-5-2-6-11-15;1-2-4-5-3-1;/h7-21H,1-6H3;1-6,8-11H,12-13H2;1-5H;. The zero-order valence-corrected chi connectivity index (χ0v) is 35.2. The third-order valence-corrected chi connectivity index (χ3v) is 20.1. The molecule has 6 aromatic carbocycles. The summed E-state index contributed by atoms with van der Waals surface area (Å²) in [6.45, 7) is 14.3. The normalized spacial score (nSPS) is 14.0. The Balaban J connectivity index is 1.49. The van der Waals surface area contributed by atoms with Crippen LogP contribution in [0.1, 0.15) is 78.5 Å². The Morgan fingerprint density at radius 2 is 0.833 bits per heavy atom. The number of fused-ring (bicyclic) bond motifs is 3. The fourth-order valence-electron chi connectivity index (χ4n) is 8.86. The van der Waals surface area contributed by atoms with Gasteiger partial charge >= 0.3 is 334 Å². The number of allylic oxidation sites excluding steroid dienone is 4. The van der Waals surface area contributed by atoms with Crippen LogP contribution < -0.4 is 0 Å². The van der Waals surface area contributed by atoms with Crippen molar-refractivity contribution in [3.05, 3.63) is 203 Å². The number of hydrogen-bond donors (Lipinski definition) is 0. The summed E-state index contributed by atoms with van der Waals surface area (Å²) in [4.78, 5) is 0. The van der Waals surface area contributed by atoms with E-state index in [1.54, 1.807) is 14.3 Å². The summed E-state index contributed by atoms with van der Waals surface area (Å²) in [5.74, 6) is 0. The van der Waals surface area contributed by atoms with Crippen LogP contribution >= 0.6 is 0 Å². The van der Waals surface area contributed by atoms with Crippen molar-refractivity contribution in [2.24, 2.45) is 0 Å². The van der Waals surface area contributed by atoms with Crippen LogP contribution in [0.15, 0.2) is 170 Å². The van der Waals surface area contributed by atoms with Gasteiger partial charge in [0.15, 0.2) is 0 Å². The summed E-state index contributed by atoms with van der Waals surface area (Å²) in [5, 5.41) is 0. The molecule has 0 bridgehead atoms. The van der Waals surface area contributed by atoms with Gasteiger partial charge < -0.3 is 0 Å². The van der Waals surface area contributed by atoms with Gasteiger partial charge in [0, 0.05) is 0 Å². The first-order valence-electron chi connectivity index (χ1n) is 19.7. The summed E-state index contributed by atoms with van der Waals surface area (Å²) in [6, 6.07) is 55.4. The van der Waals surface area contributed by atoms with E-state index < -0.39 is 21.3 Å². The molecule has 0 saturated heterocycles. The zero-order chi connectivity index (χ0) is 37.5. The SMILES string of the molecule is CC(C)(C)c1cc2c(cc1-c1ccccc1)[CH]([Zr](=[C](Cc1ccccc1)Cc1ccccc1)[CH]1C=CC=C1)c1cc(-c3ccccc3)c(C(C)(C)C)cc1-2. The minimum atomic E-state index is -2.75. The Hall–Kier alpha value is -4.45. The first kappa shape index (κ1) is 36.5. The summed E-state index contributed by atoms with van der Waals surface area (Å²) >= 11 is -2.75. The number of hydrogen-bond acceptors (Lipinski definition) is 0. The number of benzene rings is 6. The molecule has 0 saturated carbocycles. The molecular weight excluding hydrogens is 728 g/mol. The summed E-state index contributed by atoms with van der Waals surface area (Å²) in [6.07, 6.45) is 11.8. The molecule has 0 aliphatic heterocycles. The average molecular weight is 780 g/mol. The van der Waals surface area contributed by atoms with Crippen molar-refractivity contribution in [1.82, 2.24) is 0 Å². The third kappa shape index (κ3) is 7.33. The van der Waals surface area contributed by atoms with Gasteiger partial charge in [-0.15, -0.1) is 0 Å². The Bertz CT molecular complexity index is 2200. The summed E-state index contributed by atoms with van der Waals surface area (Å²) in [7, 11) is 0. The number of rotatable bonds is 8. The van der Waals surface area contributed by atoms with Gasteiger partial charge in [0.25, 0.3) is 0 Å². The van der Waals surface area contributed by atoms with Gasteiger partial charge in [-0.2, -0.15) is 0 Å². The first-order valence-corrected chi connectivity index (χ1v) is 23.8. The average Bonchev–Trinajstić information content (AvgIpc) is 3.81. The van der Waals surface area contributed by atoms with Gasteiger partial charge in [-0.25, -0.2) is 0 Å². The van der Waals surface area contributed by atoms with E-state index in [4.69, 9.17) is 0 Å². The van der Waals surface area contributed by atoms with Gasteiger partial charge in [0.1, 0.15) is 0 Å². The molecule has 0 nitrogen and oxygen atoms in total. The Kier molecular flexibility index (Phi) is 10.1. The van der Waals surface area contributed by atoms with E-state index in [0.717, 1.165) is 12.8 Å². The molecule has 0 spiro atoms. The molecule has 8 rings (SSSR count). The predicted molar refractivity (Wildman–Crippen MR) is 229 cm³/mol. The Labute approximate surface area is 331 Å². The molecule has 268 valence electrons. The first-order chi connectivity index (χ1) is 26.1. The van der Waals surface area contributed by atoms with Crippen molar-refractivity contribution in [2.45, 2.75) is 72.5 Å². The fraction of sp³-hybridized carbons (Fsp3) is 0.226. The predicted octanol–water partition coefficient (Wildman–Crippen LogP) is 13.9. The van der Waals surface area contributed by atoms with Crippen molar-refractivity contribution in [3.8, 4) is 33.4 Å². The second kappa shape index (κ2) is 15.0. The molecule has 0 fully saturated rings. The Morgan fingerprint density at radius 1 is 0.463 bits per heavy atom. The monoisotopic (exact) mass is 778 g/mol. The van der Waals surface area contributed by atoms with Crippen LogP contribution in [0, 0.1) is 0 Å². The van der Waals surface area contributed by atoms with Crippen LogP contribution in [0.25, 0.3) is 33.4 Å². The van der Waals surface area contributed by atoms with Crippen molar-refractivity contribution < 1.29 is 21.3 Å². The van der Waals surface area contributed by atoms with E-state index in [9.17, 15) is 0 Å².